The maximum Gasteiger partial charge on any atom is 0.255 e. The first-order valence-electron chi connectivity index (χ1n) is 8.21. The van der Waals surface area contributed by atoms with Gasteiger partial charge >= 0.3 is 0 Å². The Balaban J connectivity index is 1.75. The molecule has 2 aromatic rings. The van der Waals surface area contributed by atoms with Crippen molar-refractivity contribution in [3.05, 3.63) is 46.2 Å². The van der Waals surface area contributed by atoms with Gasteiger partial charge < -0.3 is 14.8 Å². The van der Waals surface area contributed by atoms with E-state index in [4.69, 9.17) is 9.47 Å². The number of amides is 1. The maximum absolute atomic E-state index is 12.7. The van der Waals surface area contributed by atoms with Crippen LogP contribution in [0, 0.1) is 0 Å². The zero-order chi connectivity index (χ0) is 17.0. The monoisotopic (exact) mass is 345 g/mol. The maximum atomic E-state index is 12.7. The smallest absolute Gasteiger partial charge is 0.255 e. The minimum Gasteiger partial charge on any atom is -0.497 e. The van der Waals surface area contributed by atoms with E-state index in [0.717, 1.165) is 12.8 Å². The summed E-state index contributed by atoms with van der Waals surface area (Å²) in [5.41, 5.74) is 1.97. The Morgan fingerprint density at radius 3 is 2.62 bits per heavy atom. The van der Waals surface area contributed by atoms with E-state index in [-0.39, 0.29) is 11.3 Å². The van der Waals surface area contributed by atoms with E-state index < -0.39 is 0 Å². The molecular formula is C19H23NO3S. The standard InChI is InChI=1S/C19H23NO3S/c1-22-15-5-6-16(17(11-15)23-2)18(21)20-13-19(8-3-4-9-19)14-7-10-24-12-14/h5-7,10-12H,3-4,8-9,13H2,1-2H3,(H,20,21). The van der Waals surface area contributed by atoms with E-state index >= 15 is 0 Å². The normalized spacial score (nSPS) is 15.9. The summed E-state index contributed by atoms with van der Waals surface area (Å²) in [5, 5.41) is 7.46. The number of carbonyl (C=O) groups is 1. The fraction of sp³-hybridized carbons (Fsp3) is 0.421. The number of thiophene rings is 1. The zero-order valence-electron chi connectivity index (χ0n) is 14.1. The molecule has 3 rings (SSSR count). The molecule has 4 nitrogen and oxygen atoms in total. The second kappa shape index (κ2) is 7.26. The van der Waals surface area contributed by atoms with Crippen molar-refractivity contribution in [2.75, 3.05) is 20.8 Å². The first kappa shape index (κ1) is 16.8. The average Bonchev–Trinajstić information content (AvgIpc) is 3.31. The van der Waals surface area contributed by atoms with Crippen molar-refractivity contribution in [2.24, 2.45) is 0 Å². The molecule has 0 aliphatic heterocycles. The van der Waals surface area contributed by atoms with Crippen LogP contribution in [0.5, 0.6) is 11.5 Å². The lowest BCUT2D eigenvalue weighted by molar-refractivity contribution is 0.0940. The molecule has 0 spiro atoms. The molecule has 0 unspecified atom stereocenters. The summed E-state index contributed by atoms with van der Waals surface area (Å²) < 4.78 is 10.5. The molecule has 24 heavy (non-hydrogen) atoms. The van der Waals surface area contributed by atoms with E-state index in [0.29, 0.717) is 23.6 Å². The number of nitrogens with one attached hydrogen (secondary N) is 1. The van der Waals surface area contributed by atoms with Gasteiger partial charge in [-0.2, -0.15) is 11.3 Å². The second-order valence-electron chi connectivity index (χ2n) is 6.25. The molecule has 0 radical (unpaired) electrons. The number of rotatable bonds is 6. The molecule has 128 valence electrons. The van der Waals surface area contributed by atoms with E-state index in [2.05, 4.69) is 22.1 Å². The number of ether oxygens (including phenoxy) is 2. The van der Waals surface area contributed by atoms with Crippen LogP contribution in [0.25, 0.3) is 0 Å². The van der Waals surface area contributed by atoms with Crippen LogP contribution in [-0.2, 0) is 5.41 Å². The Morgan fingerprint density at radius 2 is 2.00 bits per heavy atom. The molecule has 1 aliphatic rings. The molecule has 1 heterocycles. The Labute approximate surface area is 146 Å². The Bertz CT molecular complexity index is 691. The summed E-state index contributed by atoms with van der Waals surface area (Å²) in [6.45, 7) is 0.664. The first-order chi connectivity index (χ1) is 11.7. The van der Waals surface area contributed by atoms with Crippen LogP contribution in [0.4, 0.5) is 0 Å². The van der Waals surface area contributed by atoms with Crippen LogP contribution in [-0.4, -0.2) is 26.7 Å². The van der Waals surface area contributed by atoms with Gasteiger partial charge in [0.05, 0.1) is 19.8 Å². The largest absolute Gasteiger partial charge is 0.497 e. The number of methoxy groups -OCH3 is 2. The highest BCUT2D eigenvalue weighted by atomic mass is 32.1. The van der Waals surface area contributed by atoms with Crippen LogP contribution >= 0.6 is 11.3 Å². The summed E-state index contributed by atoms with van der Waals surface area (Å²) in [4.78, 5) is 12.7. The Kier molecular flexibility index (Phi) is 5.09. The van der Waals surface area contributed by atoms with Gasteiger partial charge in [-0.3, -0.25) is 4.79 Å². The van der Waals surface area contributed by atoms with Gasteiger partial charge in [-0.1, -0.05) is 12.8 Å². The molecule has 1 aromatic heterocycles. The van der Waals surface area contributed by atoms with Crippen molar-refractivity contribution < 1.29 is 14.3 Å². The molecule has 0 saturated heterocycles. The first-order valence-corrected chi connectivity index (χ1v) is 9.16. The quantitative estimate of drug-likeness (QED) is 0.860. The molecule has 1 aromatic carbocycles. The van der Waals surface area contributed by atoms with Crippen molar-refractivity contribution >= 4 is 17.2 Å². The van der Waals surface area contributed by atoms with Crippen LogP contribution in [0.2, 0.25) is 0 Å². The van der Waals surface area contributed by atoms with Crippen molar-refractivity contribution in [3.8, 4) is 11.5 Å². The van der Waals surface area contributed by atoms with E-state index in [9.17, 15) is 4.79 Å². The summed E-state index contributed by atoms with van der Waals surface area (Å²) in [7, 11) is 3.16. The zero-order valence-corrected chi connectivity index (χ0v) is 14.9. The lowest BCUT2D eigenvalue weighted by Crippen LogP contribution is -2.38. The van der Waals surface area contributed by atoms with Crippen molar-refractivity contribution in [2.45, 2.75) is 31.1 Å². The summed E-state index contributed by atoms with van der Waals surface area (Å²) in [5.74, 6) is 1.10. The number of benzene rings is 1. The summed E-state index contributed by atoms with van der Waals surface area (Å²) in [6, 6.07) is 7.45. The van der Waals surface area contributed by atoms with Gasteiger partial charge in [-0.25, -0.2) is 0 Å². The third kappa shape index (κ3) is 3.26. The van der Waals surface area contributed by atoms with Crippen molar-refractivity contribution in [3.63, 3.8) is 0 Å². The van der Waals surface area contributed by atoms with Gasteiger partial charge in [0.2, 0.25) is 0 Å². The summed E-state index contributed by atoms with van der Waals surface area (Å²) >= 11 is 1.72. The fourth-order valence-electron chi connectivity index (χ4n) is 3.52. The van der Waals surface area contributed by atoms with Crippen LogP contribution < -0.4 is 14.8 Å². The second-order valence-corrected chi connectivity index (χ2v) is 7.03. The van der Waals surface area contributed by atoms with Gasteiger partial charge in [0.25, 0.3) is 5.91 Å². The highest BCUT2D eigenvalue weighted by molar-refractivity contribution is 7.08. The van der Waals surface area contributed by atoms with E-state index in [1.807, 2.05) is 0 Å². The number of hydrogen-bond acceptors (Lipinski definition) is 4. The molecule has 0 atom stereocenters. The predicted octanol–water partition coefficient (Wildman–Crippen LogP) is 4.01. The molecule has 1 saturated carbocycles. The van der Waals surface area contributed by atoms with Crippen LogP contribution in [0.15, 0.2) is 35.0 Å². The summed E-state index contributed by atoms with van der Waals surface area (Å²) in [6.07, 6.45) is 4.70. The van der Waals surface area contributed by atoms with Crippen molar-refractivity contribution in [1.82, 2.24) is 5.32 Å². The predicted molar refractivity (Wildman–Crippen MR) is 96.3 cm³/mol. The molecule has 1 N–H and O–H groups in total. The number of hydrogen-bond donors (Lipinski definition) is 1. The highest BCUT2D eigenvalue weighted by Gasteiger charge is 2.36. The van der Waals surface area contributed by atoms with E-state index in [1.54, 1.807) is 43.8 Å². The lowest BCUT2D eigenvalue weighted by atomic mass is 9.80. The Morgan fingerprint density at radius 1 is 1.21 bits per heavy atom. The molecule has 0 bridgehead atoms. The third-order valence-corrected chi connectivity index (χ3v) is 5.62. The minimum absolute atomic E-state index is 0.0787. The van der Waals surface area contributed by atoms with Gasteiger partial charge in [0.15, 0.2) is 0 Å². The SMILES string of the molecule is COc1ccc(C(=O)NCC2(c3ccsc3)CCCC2)c(OC)c1. The van der Waals surface area contributed by atoms with Crippen LogP contribution in [0.1, 0.15) is 41.6 Å². The topological polar surface area (TPSA) is 47.6 Å². The van der Waals surface area contributed by atoms with E-state index in [1.165, 1.54) is 18.4 Å². The third-order valence-electron chi connectivity index (χ3n) is 4.93. The average molecular weight is 345 g/mol. The molecule has 1 aliphatic carbocycles. The van der Waals surface area contributed by atoms with Gasteiger partial charge in [-0.05, 0) is 47.4 Å². The molecule has 1 fully saturated rings. The molecule has 1 amide bonds. The fourth-order valence-corrected chi connectivity index (χ4v) is 4.30. The number of carbonyl (C=O) groups excluding carboxylic acids is 1. The van der Waals surface area contributed by atoms with Crippen LogP contribution in [0.3, 0.4) is 0 Å². The molecular weight excluding hydrogens is 322 g/mol. The van der Waals surface area contributed by atoms with Gasteiger partial charge in [-0.15, -0.1) is 0 Å². The minimum atomic E-state index is -0.101. The lowest BCUT2D eigenvalue weighted by Gasteiger charge is -2.29. The van der Waals surface area contributed by atoms with Gasteiger partial charge in [0, 0.05) is 18.0 Å². The van der Waals surface area contributed by atoms with Crippen molar-refractivity contribution in [1.29, 1.82) is 0 Å². The highest BCUT2D eigenvalue weighted by Crippen LogP contribution is 2.41. The van der Waals surface area contributed by atoms with Gasteiger partial charge in [0.1, 0.15) is 11.5 Å². The molecule has 5 heteroatoms. The Hall–Kier alpha value is -2.01.